The summed E-state index contributed by atoms with van der Waals surface area (Å²) in [4.78, 5) is 19.3. The number of hydrogen-bond acceptors (Lipinski definition) is 4. The van der Waals surface area contributed by atoms with Gasteiger partial charge in [0.2, 0.25) is 11.7 Å². The maximum atomic E-state index is 13.1. The number of nitrogens with two attached hydrogens (primary N) is 1. The number of nitrogens with zero attached hydrogens (tertiary/aromatic N) is 3. The van der Waals surface area contributed by atoms with Gasteiger partial charge in [0, 0.05) is 43.9 Å². The second kappa shape index (κ2) is 5.75. The van der Waals surface area contributed by atoms with Crippen LogP contribution in [0.4, 0.5) is 22.0 Å². The van der Waals surface area contributed by atoms with Gasteiger partial charge in [-0.3, -0.25) is 9.69 Å². The van der Waals surface area contributed by atoms with Crippen molar-refractivity contribution >= 4 is 5.91 Å². The Labute approximate surface area is 122 Å². The number of hydrogen-bond donors (Lipinski definition) is 1. The molecule has 2 heterocycles. The standard InChI is InChI=1S/C12H13F5N4O/c13-11(14)1-3-21(4-2-11)8(9(18)22)7-5-19-10(20-6-7)12(15,16)17/h5-6,8H,1-4H2,(H2,18,22). The Morgan fingerprint density at radius 2 is 1.73 bits per heavy atom. The molecule has 0 radical (unpaired) electrons. The quantitative estimate of drug-likeness (QED) is 0.860. The molecule has 0 aromatic carbocycles. The second-order valence-corrected chi connectivity index (χ2v) is 5.03. The first kappa shape index (κ1) is 16.5. The summed E-state index contributed by atoms with van der Waals surface area (Å²) in [7, 11) is 0. The molecule has 1 aliphatic heterocycles. The average molecular weight is 324 g/mol. The first-order chi connectivity index (χ1) is 10.1. The van der Waals surface area contributed by atoms with E-state index in [1.165, 1.54) is 4.90 Å². The largest absolute Gasteiger partial charge is 0.451 e. The molecule has 0 aliphatic carbocycles. The van der Waals surface area contributed by atoms with Crippen molar-refractivity contribution in [2.45, 2.75) is 31.0 Å². The molecule has 1 aromatic heterocycles. The van der Waals surface area contributed by atoms with Crippen LogP contribution in [0.25, 0.3) is 0 Å². The minimum atomic E-state index is -4.70. The van der Waals surface area contributed by atoms with Crippen molar-refractivity contribution in [2.75, 3.05) is 13.1 Å². The van der Waals surface area contributed by atoms with Crippen LogP contribution in [0, 0.1) is 0 Å². The van der Waals surface area contributed by atoms with Crippen LogP contribution >= 0.6 is 0 Å². The van der Waals surface area contributed by atoms with E-state index >= 15 is 0 Å². The van der Waals surface area contributed by atoms with E-state index in [1.807, 2.05) is 0 Å². The molecule has 1 aromatic rings. The first-order valence-electron chi connectivity index (χ1n) is 6.40. The van der Waals surface area contributed by atoms with Crippen molar-refractivity contribution in [2.24, 2.45) is 5.73 Å². The van der Waals surface area contributed by atoms with Gasteiger partial charge in [0.05, 0.1) is 0 Å². The highest BCUT2D eigenvalue weighted by Gasteiger charge is 2.39. The monoisotopic (exact) mass is 324 g/mol. The lowest BCUT2D eigenvalue weighted by atomic mass is 10.0. The fourth-order valence-electron chi connectivity index (χ4n) is 2.29. The lowest BCUT2D eigenvalue weighted by molar-refractivity contribution is -0.145. The van der Waals surface area contributed by atoms with Crippen molar-refractivity contribution in [3.8, 4) is 0 Å². The number of likely N-dealkylation sites (tertiary alicyclic amines) is 1. The molecule has 2 rings (SSSR count). The van der Waals surface area contributed by atoms with Crippen LogP contribution in [-0.4, -0.2) is 39.8 Å². The molecule has 0 bridgehead atoms. The van der Waals surface area contributed by atoms with Gasteiger partial charge < -0.3 is 5.73 Å². The van der Waals surface area contributed by atoms with Crippen LogP contribution in [0.15, 0.2) is 12.4 Å². The number of carbonyl (C=O) groups excluding carboxylic acids is 1. The Morgan fingerprint density at radius 1 is 1.23 bits per heavy atom. The molecule has 2 N–H and O–H groups in total. The summed E-state index contributed by atoms with van der Waals surface area (Å²) in [6, 6.07) is -1.13. The summed E-state index contributed by atoms with van der Waals surface area (Å²) >= 11 is 0. The highest BCUT2D eigenvalue weighted by molar-refractivity contribution is 5.81. The molecule has 0 spiro atoms. The molecule has 1 atom stereocenters. The van der Waals surface area contributed by atoms with E-state index in [0.29, 0.717) is 0 Å². The van der Waals surface area contributed by atoms with Crippen molar-refractivity contribution in [1.82, 2.24) is 14.9 Å². The molecule has 1 amide bonds. The summed E-state index contributed by atoms with van der Waals surface area (Å²) in [5.74, 6) is -5.01. The van der Waals surface area contributed by atoms with Gasteiger partial charge in [0.1, 0.15) is 6.04 Å². The minimum absolute atomic E-state index is 0.0470. The Balaban J connectivity index is 2.20. The van der Waals surface area contributed by atoms with Gasteiger partial charge in [-0.25, -0.2) is 18.7 Å². The van der Waals surface area contributed by atoms with Gasteiger partial charge in [0.15, 0.2) is 0 Å². The molecule has 1 fully saturated rings. The van der Waals surface area contributed by atoms with Crippen LogP contribution < -0.4 is 5.73 Å². The average Bonchev–Trinajstić information content (AvgIpc) is 2.40. The predicted octanol–water partition coefficient (Wildman–Crippen LogP) is 1.75. The van der Waals surface area contributed by atoms with Gasteiger partial charge in [-0.1, -0.05) is 0 Å². The third-order valence-corrected chi connectivity index (χ3v) is 3.41. The topological polar surface area (TPSA) is 72.1 Å². The van der Waals surface area contributed by atoms with Crippen LogP contribution in [0.3, 0.4) is 0 Å². The molecule has 1 aliphatic rings. The Hall–Kier alpha value is -1.84. The van der Waals surface area contributed by atoms with Gasteiger partial charge >= 0.3 is 6.18 Å². The normalized spacial score (nSPS) is 20.6. The summed E-state index contributed by atoms with van der Waals surface area (Å²) in [5.41, 5.74) is 5.29. The first-order valence-corrected chi connectivity index (χ1v) is 6.40. The second-order valence-electron chi connectivity index (χ2n) is 5.03. The lowest BCUT2D eigenvalue weighted by Crippen LogP contribution is -2.45. The number of aromatic nitrogens is 2. The number of halogens is 5. The van der Waals surface area contributed by atoms with Crippen LogP contribution in [0.2, 0.25) is 0 Å². The predicted molar refractivity (Wildman–Crippen MR) is 64.7 cm³/mol. The van der Waals surface area contributed by atoms with Gasteiger partial charge in [-0.05, 0) is 0 Å². The molecule has 10 heteroatoms. The molecule has 22 heavy (non-hydrogen) atoms. The SMILES string of the molecule is NC(=O)C(c1cnc(C(F)(F)F)nc1)N1CCC(F)(F)CC1. The molecular weight excluding hydrogens is 311 g/mol. The van der Waals surface area contributed by atoms with Crippen molar-refractivity contribution in [3.63, 3.8) is 0 Å². The molecule has 1 saturated heterocycles. The van der Waals surface area contributed by atoms with Crippen molar-refractivity contribution < 1.29 is 26.7 Å². The number of piperidine rings is 1. The molecule has 1 unspecified atom stereocenters. The van der Waals surface area contributed by atoms with E-state index in [2.05, 4.69) is 9.97 Å². The molecular formula is C12H13F5N4O. The summed E-state index contributed by atoms with van der Waals surface area (Å²) in [6.45, 7) is -0.191. The van der Waals surface area contributed by atoms with Gasteiger partial charge in [-0.15, -0.1) is 0 Å². The van der Waals surface area contributed by atoms with Crippen LogP contribution in [0.1, 0.15) is 30.3 Å². The number of carbonyl (C=O) groups is 1. The van der Waals surface area contributed by atoms with Crippen molar-refractivity contribution in [3.05, 3.63) is 23.8 Å². The third-order valence-electron chi connectivity index (χ3n) is 3.41. The summed E-state index contributed by atoms with van der Waals surface area (Å²) in [5, 5.41) is 0. The van der Waals surface area contributed by atoms with Crippen LogP contribution in [0.5, 0.6) is 0 Å². The highest BCUT2D eigenvalue weighted by atomic mass is 19.4. The van der Waals surface area contributed by atoms with E-state index in [-0.39, 0.29) is 18.7 Å². The lowest BCUT2D eigenvalue weighted by Gasteiger charge is -2.35. The van der Waals surface area contributed by atoms with E-state index < -0.39 is 42.7 Å². The smallest absolute Gasteiger partial charge is 0.368 e. The Kier molecular flexibility index (Phi) is 4.32. The van der Waals surface area contributed by atoms with E-state index in [4.69, 9.17) is 5.73 Å². The number of amides is 1. The molecule has 122 valence electrons. The zero-order valence-electron chi connectivity index (χ0n) is 11.3. The van der Waals surface area contributed by atoms with Crippen LogP contribution in [-0.2, 0) is 11.0 Å². The third kappa shape index (κ3) is 3.67. The van der Waals surface area contributed by atoms with Crippen molar-refractivity contribution in [1.29, 1.82) is 0 Å². The highest BCUT2D eigenvalue weighted by Crippen LogP contribution is 2.32. The van der Waals surface area contributed by atoms with Gasteiger partial charge in [0.25, 0.3) is 5.92 Å². The minimum Gasteiger partial charge on any atom is -0.368 e. The summed E-state index contributed by atoms with van der Waals surface area (Å²) < 4.78 is 63.5. The number of alkyl halides is 5. The maximum absolute atomic E-state index is 13.1. The van der Waals surface area contributed by atoms with E-state index in [1.54, 1.807) is 0 Å². The molecule has 5 nitrogen and oxygen atoms in total. The maximum Gasteiger partial charge on any atom is 0.451 e. The zero-order valence-corrected chi connectivity index (χ0v) is 11.3. The van der Waals surface area contributed by atoms with E-state index in [9.17, 15) is 26.7 Å². The van der Waals surface area contributed by atoms with E-state index in [0.717, 1.165) is 12.4 Å². The number of rotatable bonds is 3. The number of primary amides is 1. The molecule has 0 saturated carbocycles. The zero-order chi connectivity index (χ0) is 16.5. The Morgan fingerprint density at radius 3 is 2.14 bits per heavy atom. The summed E-state index contributed by atoms with van der Waals surface area (Å²) in [6.07, 6.45) is -3.90. The Bertz CT molecular complexity index is 535. The van der Waals surface area contributed by atoms with Gasteiger partial charge in [-0.2, -0.15) is 13.2 Å². The fourth-order valence-corrected chi connectivity index (χ4v) is 2.29. The fraction of sp³-hybridized carbons (Fsp3) is 0.583.